The molecule has 1 atom stereocenters. The molecule has 27 heavy (non-hydrogen) atoms. The van der Waals surface area contributed by atoms with Crippen LogP contribution in [0.25, 0.3) is 6.08 Å². The molecule has 0 spiro atoms. The fourth-order valence-corrected chi connectivity index (χ4v) is 5.28. The zero-order chi connectivity index (χ0) is 19.6. The molecule has 1 aromatic rings. The quantitative estimate of drug-likeness (QED) is 0.699. The molecule has 1 aromatic carbocycles. The molecule has 1 fully saturated rings. The number of fused-ring (bicyclic) bond motifs is 1. The Morgan fingerprint density at radius 3 is 2.85 bits per heavy atom. The first kappa shape index (κ1) is 20.0. The van der Waals surface area contributed by atoms with Crippen molar-refractivity contribution in [3.8, 4) is 5.75 Å². The Bertz CT molecular complexity index is 889. The zero-order valence-electron chi connectivity index (χ0n) is 15.5. The summed E-state index contributed by atoms with van der Waals surface area (Å²) < 4.78 is 29.3. The summed E-state index contributed by atoms with van der Waals surface area (Å²) in [5.41, 5.74) is 1.74. The van der Waals surface area contributed by atoms with Crippen molar-refractivity contribution in [2.75, 3.05) is 24.7 Å². The van der Waals surface area contributed by atoms with Crippen LogP contribution in [-0.4, -0.2) is 49.9 Å². The third-order valence-electron chi connectivity index (χ3n) is 4.64. The molecular formula is C20H24ClNO4S. The van der Waals surface area contributed by atoms with E-state index < -0.39 is 9.84 Å². The molecule has 0 N–H and O–H groups in total. The van der Waals surface area contributed by atoms with Gasteiger partial charge in [-0.1, -0.05) is 31.5 Å². The highest BCUT2D eigenvalue weighted by molar-refractivity contribution is 7.91. The van der Waals surface area contributed by atoms with Crippen molar-refractivity contribution in [3.63, 3.8) is 0 Å². The summed E-state index contributed by atoms with van der Waals surface area (Å²) in [4.78, 5) is 14.5. The van der Waals surface area contributed by atoms with Gasteiger partial charge >= 0.3 is 0 Å². The third kappa shape index (κ3) is 5.14. The van der Waals surface area contributed by atoms with Crippen LogP contribution >= 0.6 is 11.6 Å². The lowest BCUT2D eigenvalue weighted by Crippen LogP contribution is -2.42. The summed E-state index contributed by atoms with van der Waals surface area (Å²) in [6.07, 6.45) is 5.70. The first-order chi connectivity index (χ1) is 12.7. The maximum Gasteiger partial charge on any atom is 0.246 e. The fraction of sp³-hybridized carbons (Fsp3) is 0.450. The van der Waals surface area contributed by atoms with E-state index in [4.69, 9.17) is 16.3 Å². The molecule has 2 heterocycles. The number of sulfone groups is 1. The summed E-state index contributed by atoms with van der Waals surface area (Å²) in [7, 11) is -3.04. The summed E-state index contributed by atoms with van der Waals surface area (Å²) >= 11 is 6.02. The van der Waals surface area contributed by atoms with Gasteiger partial charge in [0.2, 0.25) is 5.91 Å². The van der Waals surface area contributed by atoms with E-state index in [1.54, 1.807) is 17.0 Å². The SMILES string of the molecule is CC(C)CN(C(=O)/C=C/C1=Cc2cc(Cl)ccc2OC1)C1CCS(=O)(=O)C1. The molecule has 1 unspecified atom stereocenters. The maximum absolute atomic E-state index is 12.8. The molecule has 0 saturated carbocycles. The van der Waals surface area contributed by atoms with Crippen molar-refractivity contribution in [2.45, 2.75) is 26.3 Å². The maximum atomic E-state index is 12.8. The lowest BCUT2D eigenvalue weighted by atomic mass is 10.1. The fourth-order valence-electron chi connectivity index (χ4n) is 3.37. The Morgan fingerprint density at radius 1 is 1.41 bits per heavy atom. The minimum atomic E-state index is -3.04. The van der Waals surface area contributed by atoms with Crippen molar-refractivity contribution in [1.29, 1.82) is 0 Å². The molecule has 2 aliphatic heterocycles. The van der Waals surface area contributed by atoms with Crippen LogP contribution in [0.2, 0.25) is 5.02 Å². The van der Waals surface area contributed by atoms with Gasteiger partial charge in [-0.2, -0.15) is 0 Å². The Balaban J connectivity index is 1.75. The highest BCUT2D eigenvalue weighted by Gasteiger charge is 2.34. The van der Waals surface area contributed by atoms with Gasteiger partial charge in [0.25, 0.3) is 0 Å². The van der Waals surface area contributed by atoms with E-state index in [0.717, 1.165) is 16.9 Å². The van der Waals surface area contributed by atoms with Crippen LogP contribution < -0.4 is 4.74 Å². The number of hydrogen-bond donors (Lipinski definition) is 0. The van der Waals surface area contributed by atoms with Crippen molar-refractivity contribution in [2.24, 2.45) is 5.92 Å². The molecule has 0 aromatic heterocycles. The Kier molecular flexibility index (Phi) is 5.96. The molecule has 2 aliphatic rings. The number of nitrogens with zero attached hydrogens (tertiary/aromatic N) is 1. The number of carbonyl (C=O) groups excluding carboxylic acids is 1. The van der Waals surface area contributed by atoms with E-state index in [-0.39, 0.29) is 29.4 Å². The number of ether oxygens (including phenoxy) is 1. The first-order valence-electron chi connectivity index (χ1n) is 9.05. The number of halogens is 1. The van der Waals surface area contributed by atoms with Gasteiger partial charge in [-0.3, -0.25) is 4.79 Å². The van der Waals surface area contributed by atoms with Crippen molar-refractivity contribution in [3.05, 3.63) is 46.5 Å². The van der Waals surface area contributed by atoms with Crippen LogP contribution in [0.5, 0.6) is 5.75 Å². The van der Waals surface area contributed by atoms with Gasteiger partial charge in [-0.25, -0.2) is 8.42 Å². The van der Waals surface area contributed by atoms with Crippen LogP contribution in [0.15, 0.2) is 35.9 Å². The molecule has 5 nitrogen and oxygen atoms in total. The van der Waals surface area contributed by atoms with Gasteiger partial charge in [0, 0.05) is 29.2 Å². The Morgan fingerprint density at radius 2 is 2.19 bits per heavy atom. The largest absolute Gasteiger partial charge is 0.488 e. The number of benzene rings is 1. The predicted octanol–water partition coefficient (Wildman–Crippen LogP) is 3.34. The number of rotatable bonds is 5. The second kappa shape index (κ2) is 8.07. The molecule has 0 radical (unpaired) electrons. The van der Waals surface area contributed by atoms with Crippen LogP contribution in [0.4, 0.5) is 0 Å². The van der Waals surface area contributed by atoms with Crippen LogP contribution in [0.3, 0.4) is 0 Å². The predicted molar refractivity (Wildman–Crippen MR) is 108 cm³/mol. The third-order valence-corrected chi connectivity index (χ3v) is 6.63. The van der Waals surface area contributed by atoms with E-state index in [1.807, 2.05) is 32.1 Å². The molecular weight excluding hydrogens is 386 g/mol. The number of hydrogen-bond acceptors (Lipinski definition) is 4. The van der Waals surface area contributed by atoms with Crippen LogP contribution in [0, 0.1) is 5.92 Å². The van der Waals surface area contributed by atoms with Gasteiger partial charge < -0.3 is 9.64 Å². The zero-order valence-corrected chi connectivity index (χ0v) is 17.1. The molecule has 0 bridgehead atoms. The second-order valence-electron chi connectivity index (χ2n) is 7.46. The summed E-state index contributed by atoms with van der Waals surface area (Å²) in [5, 5.41) is 0.625. The van der Waals surface area contributed by atoms with E-state index in [2.05, 4.69) is 0 Å². The van der Waals surface area contributed by atoms with E-state index >= 15 is 0 Å². The van der Waals surface area contributed by atoms with Crippen molar-refractivity contribution in [1.82, 2.24) is 4.90 Å². The van der Waals surface area contributed by atoms with Gasteiger partial charge in [-0.05, 0) is 42.2 Å². The lowest BCUT2D eigenvalue weighted by Gasteiger charge is -2.29. The Labute approximate surface area is 165 Å². The summed E-state index contributed by atoms with van der Waals surface area (Å²) in [5.74, 6) is 1.07. The standard InChI is InChI=1S/C20H24ClNO4S/c1-14(2)11-22(18-7-8-27(24,25)13-18)20(23)6-3-15-9-16-10-17(21)4-5-19(16)26-12-15/h3-6,9-10,14,18H,7-8,11-13H2,1-2H3/b6-3+. The molecule has 7 heteroatoms. The van der Waals surface area contributed by atoms with E-state index in [1.165, 1.54) is 6.08 Å². The number of amides is 1. The molecule has 3 rings (SSSR count). The minimum absolute atomic E-state index is 0.0526. The van der Waals surface area contributed by atoms with Crippen LogP contribution in [-0.2, 0) is 14.6 Å². The van der Waals surface area contributed by atoms with Crippen LogP contribution in [0.1, 0.15) is 25.8 Å². The van der Waals surface area contributed by atoms with Crippen molar-refractivity contribution >= 4 is 33.4 Å². The molecule has 0 aliphatic carbocycles. The average Bonchev–Trinajstić information content (AvgIpc) is 2.96. The topological polar surface area (TPSA) is 63.7 Å². The van der Waals surface area contributed by atoms with Gasteiger partial charge in [0.05, 0.1) is 11.5 Å². The monoisotopic (exact) mass is 409 g/mol. The number of carbonyl (C=O) groups is 1. The highest BCUT2D eigenvalue weighted by atomic mass is 35.5. The second-order valence-corrected chi connectivity index (χ2v) is 10.1. The van der Waals surface area contributed by atoms with E-state index in [0.29, 0.717) is 24.6 Å². The molecule has 146 valence electrons. The summed E-state index contributed by atoms with van der Waals surface area (Å²) in [6, 6.07) is 5.17. The van der Waals surface area contributed by atoms with Gasteiger partial charge in [0.15, 0.2) is 9.84 Å². The van der Waals surface area contributed by atoms with Gasteiger partial charge in [0.1, 0.15) is 12.4 Å². The molecule has 1 amide bonds. The smallest absolute Gasteiger partial charge is 0.246 e. The average molecular weight is 410 g/mol. The Hall–Kier alpha value is -1.79. The first-order valence-corrected chi connectivity index (χ1v) is 11.3. The van der Waals surface area contributed by atoms with Crippen molar-refractivity contribution < 1.29 is 17.9 Å². The lowest BCUT2D eigenvalue weighted by molar-refractivity contribution is -0.128. The minimum Gasteiger partial charge on any atom is -0.488 e. The molecule has 1 saturated heterocycles. The van der Waals surface area contributed by atoms with Gasteiger partial charge in [-0.15, -0.1) is 0 Å². The summed E-state index contributed by atoms with van der Waals surface area (Å²) in [6.45, 7) is 4.95. The normalized spacial score (nSPS) is 21.0. The highest BCUT2D eigenvalue weighted by Crippen LogP contribution is 2.29. The van der Waals surface area contributed by atoms with E-state index in [9.17, 15) is 13.2 Å².